The summed E-state index contributed by atoms with van der Waals surface area (Å²) in [7, 11) is 0. The number of imide groups is 1. The van der Waals surface area contributed by atoms with Crippen molar-refractivity contribution in [1.82, 2.24) is 9.80 Å². The predicted molar refractivity (Wildman–Crippen MR) is 138 cm³/mol. The maximum absolute atomic E-state index is 13.6. The average Bonchev–Trinajstić information content (AvgIpc) is 3.07. The first-order valence-corrected chi connectivity index (χ1v) is 13.0. The second-order valence-corrected chi connectivity index (χ2v) is 9.98. The van der Waals surface area contributed by atoms with Crippen LogP contribution < -0.4 is 0 Å². The lowest BCUT2D eigenvalue weighted by Crippen LogP contribution is -2.39. The molecule has 2 aliphatic rings. The van der Waals surface area contributed by atoms with E-state index in [1.54, 1.807) is 0 Å². The van der Waals surface area contributed by atoms with E-state index in [1.807, 2.05) is 19.1 Å². The summed E-state index contributed by atoms with van der Waals surface area (Å²) in [6.45, 7) is 8.44. The highest BCUT2D eigenvalue weighted by atomic mass is 16.2. The van der Waals surface area contributed by atoms with Crippen molar-refractivity contribution in [3.8, 4) is 0 Å². The summed E-state index contributed by atoms with van der Waals surface area (Å²) in [6.07, 6.45) is 7.35. The Morgan fingerprint density at radius 2 is 1.62 bits per heavy atom. The molecule has 4 nitrogen and oxygen atoms in total. The molecule has 180 valence electrons. The lowest BCUT2D eigenvalue weighted by molar-refractivity contribution is -0.137. The highest BCUT2D eigenvalue weighted by Crippen LogP contribution is 2.36. The number of hydrogen-bond acceptors (Lipinski definition) is 3. The van der Waals surface area contributed by atoms with Gasteiger partial charge < -0.3 is 4.90 Å². The van der Waals surface area contributed by atoms with Gasteiger partial charge in [0.05, 0.1) is 5.57 Å². The maximum Gasteiger partial charge on any atom is 0.277 e. The molecule has 0 saturated carbocycles. The third-order valence-electron chi connectivity index (χ3n) is 7.33. The largest absolute Gasteiger partial charge is 0.366 e. The lowest BCUT2D eigenvalue weighted by Gasteiger charge is -2.34. The van der Waals surface area contributed by atoms with E-state index in [0.29, 0.717) is 23.7 Å². The minimum atomic E-state index is -0.116. The van der Waals surface area contributed by atoms with Crippen LogP contribution >= 0.6 is 0 Å². The van der Waals surface area contributed by atoms with Gasteiger partial charge in [0.1, 0.15) is 5.70 Å². The molecule has 2 aliphatic heterocycles. The number of carbonyl (C=O) groups is 2. The molecule has 1 fully saturated rings. The van der Waals surface area contributed by atoms with Crippen molar-refractivity contribution in [3.05, 3.63) is 76.5 Å². The van der Waals surface area contributed by atoms with Gasteiger partial charge in [-0.05, 0) is 62.1 Å². The van der Waals surface area contributed by atoms with E-state index >= 15 is 0 Å². The molecule has 2 aromatic carbocycles. The van der Waals surface area contributed by atoms with Crippen LogP contribution in [0.5, 0.6) is 0 Å². The molecule has 0 unspecified atom stereocenters. The molecule has 34 heavy (non-hydrogen) atoms. The molecule has 2 heterocycles. The molecule has 4 rings (SSSR count). The molecule has 0 bridgehead atoms. The molecule has 0 spiro atoms. The monoisotopic (exact) mass is 458 g/mol. The van der Waals surface area contributed by atoms with Crippen molar-refractivity contribution in [1.29, 1.82) is 0 Å². The van der Waals surface area contributed by atoms with E-state index in [2.05, 4.69) is 55.1 Å². The summed E-state index contributed by atoms with van der Waals surface area (Å²) in [5.74, 6) is 0.397. The van der Waals surface area contributed by atoms with Crippen molar-refractivity contribution in [2.45, 2.75) is 65.7 Å². The number of carbonyl (C=O) groups excluding carboxylic acids is 2. The van der Waals surface area contributed by atoms with Crippen LogP contribution in [0.3, 0.4) is 0 Å². The van der Waals surface area contributed by atoms with Crippen molar-refractivity contribution in [2.24, 2.45) is 5.92 Å². The number of aryl methyl sites for hydroxylation is 2. The molecular weight excluding hydrogens is 420 g/mol. The summed E-state index contributed by atoms with van der Waals surface area (Å²) >= 11 is 0. The molecule has 0 aliphatic carbocycles. The SMILES string of the molecule is CCCCCCN1C(=O)C(c2ccc(C)cc2C)=C(N2CCC(Cc3ccccc3)CC2)C1=O. The number of benzene rings is 2. The Balaban J connectivity index is 1.56. The van der Waals surface area contributed by atoms with Gasteiger partial charge in [0.2, 0.25) is 0 Å². The van der Waals surface area contributed by atoms with Crippen LogP contribution in [0.25, 0.3) is 5.57 Å². The number of unbranched alkanes of at least 4 members (excludes halogenated alkanes) is 3. The van der Waals surface area contributed by atoms with E-state index in [-0.39, 0.29) is 11.8 Å². The highest BCUT2D eigenvalue weighted by molar-refractivity contribution is 6.35. The fraction of sp³-hybridized carbons (Fsp3) is 0.467. The number of likely N-dealkylation sites (tertiary alicyclic amines) is 1. The number of hydrogen-bond donors (Lipinski definition) is 0. The first-order chi connectivity index (χ1) is 16.5. The van der Waals surface area contributed by atoms with Gasteiger partial charge in [0.15, 0.2) is 0 Å². The summed E-state index contributed by atoms with van der Waals surface area (Å²) in [4.78, 5) is 30.9. The van der Waals surface area contributed by atoms with Gasteiger partial charge in [-0.2, -0.15) is 0 Å². The summed E-state index contributed by atoms with van der Waals surface area (Å²) in [5, 5.41) is 0. The van der Waals surface area contributed by atoms with Crippen LogP contribution in [-0.2, 0) is 16.0 Å². The van der Waals surface area contributed by atoms with Crippen molar-refractivity contribution < 1.29 is 9.59 Å². The van der Waals surface area contributed by atoms with Gasteiger partial charge in [-0.1, -0.05) is 80.3 Å². The number of nitrogens with zero attached hydrogens (tertiary/aromatic N) is 2. The van der Waals surface area contributed by atoms with E-state index in [9.17, 15) is 9.59 Å². The highest BCUT2D eigenvalue weighted by Gasteiger charge is 2.42. The lowest BCUT2D eigenvalue weighted by atomic mass is 9.89. The Bertz CT molecular complexity index is 1050. The Labute approximate surface area is 204 Å². The van der Waals surface area contributed by atoms with E-state index < -0.39 is 0 Å². The third kappa shape index (κ3) is 5.27. The summed E-state index contributed by atoms with van der Waals surface area (Å²) < 4.78 is 0. The van der Waals surface area contributed by atoms with Crippen LogP contribution in [0.1, 0.15) is 67.7 Å². The molecule has 0 aromatic heterocycles. The van der Waals surface area contributed by atoms with Gasteiger partial charge in [-0.15, -0.1) is 0 Å². The molecule has 2 amide bonds. The average molecular weight is 459 g/mol. The van der Waals surface area contributed by atoms with Gasteiger partial charge >= 0.3 is 0 Å². The Morgan fingerprint density at radius 3 is 2.29 bits per heavy atom. The quantitative estimate of drug-likeness (QED) is 0.346. The second kappa shape index (κ2) is 11.0. The summed E-state index contributed by atoms with van der Waals surface area (Å²) in [5.41, 5.74) is 5.74. The van der Waals surface area contributed by atoms with Crippen LogP contribution in [0, 0.1) is 19.8 Å². The topological polar surface area (TPSA) is 40.6 Å². The predicted octanol–water partition coefficient (Wildman–Crippen LogP) is 5.92. The third-order valence-corrected chi connectivity index (χ3v) is 7.33. The molecule has 4 heteroatoms. The van der Waals surface area contributed by atoms with Crippen LogP contribution in [0.2, 0.25) is 0 Å². The normalized spacial score (nSPS) is 17.3. The van der Waals surface area contributed by atoms with E-state index in [1.165, 1.54) is 16.0 Å². The van der Waals surface area contributed by atoms with Crippen LogP contribution in [0.4, 0.5) is 0 Å². The molecular formula is C30H38N2O2. The van der Waals surface area contributed by atoms with Gasteiger partial charge in [-0.3, -0.25) is 14.5 Å². The Hall–Kier alpha value is -2.88. The van der Waals surface area contributed by atoms with Crippen molar-refractivity contribution >= 4 is 17.4 Å². The molecule has 2 aromatic rings. The molecule has 0 atom stereocenters. The van der Waals surface area contributed by atoms with Gasteiger partial charge in [-0.25, -0.2) is 0 Å². The summed E-state index contributed by atoms with van der Waals surface area (Å²) in [6, 6.07) is 16.8. The first kappa shape index (κ1) is 24.3. The molecule has 0 N–H and O–H groups in total. The zero-order valence-corrected chi connectivity index (χ0v) is 21.0. The fourth-order valence-corrected chi connectivity index (χ4v) is 5.40. The first-order valence-electron chi connectivity index (χ1n) is 13.0. The second-order valence-electron chi connectivity index (χ2n) is 9.98. The number of piperidine rings is 1. The van der Waals surface area contributed by atoms with Crippen LogP contribution in [0.15, 0.2) is 54.2 Å². The minimum absolute atomic E-state index is 0.0991. The zero-order chi connectivity index (χ0) is 24.1. The zero-order valence-electron chi connectivity index (χ0n) is 21.0. The molecule has 0 radical (unpaired) electrons. The minimum Gasteiger partial charge on any atom is -0.366 e. The molecule has 1 saturated heterocycles. The Kier molecular flexibility index (Phi) is 7.87. The maximum atomic E-state index is 13.6. The van der Waals surface area contributed by atoms with Crippen LogP contribution in [-0.4, -0.2) is 41.2 Å². The number of amides is 2. The van der Waals surface area contributed by atoms with E-state index in [0.717, 1.165) is 69.2 Å². The number of rotatable bonds is 9. The van der Waals surface area contributed by atoms with Gasteiger partial charge in [0.25, 0.3) is 11.8 Å². The Morgan fingerprint density at radius 1 is 0.882 bits per heavy atom. The van der Waals surface area contributed by atoms with E-state index in [4.69, 9.17) is 0 Å². The van der Waals surface area contributed by atoms with Gasteiger partial charge in [0, 0.05) is 19.6 Å². The standard InChI is InChI=1S/C30H38N2O2/c1-4-5-6-10-17-32-29(33)27(26-14-13-22(2)20-23(26)3)28(30(32)34)31-18-15-25(16-19-31)21-24-11-8-7-9-12-24/h7-9,11-14,20,25H,4-6,10,15-19,21H2,1-3H3. The smallest absolute Gasteiger partial charge is 0.277 e. The van der Waals surface area contributed by atoms with Crippen molar-refractivity contribution in [3.63, 3.8) is 0 Å². The fourth-order valence-electron chi connectivity index (χ4n) is 5.40. The van der Waals surface area contributed by atoms with Crippen molar-refractivity contribution in [2.75, 3.05) is 19.6 Å².